The maximum atomic E-state index is 12.5. The van der Waals surface area contributed by atoms with Crippen molar-refractivity contribution in [1.82, 2.24) is 5.32 Å². The number of aliphatic hydroxyl groups excluding tert-OH is 2. The lowest BCUT2D eigenvalue weighted by molar-refractivity contribution is -0.143. The summed E-state index contributed by atoms with van der Waals surface area (Å²) in [6, 6.07) is -0.634. The third-order valence-corrected chi connectivity index (χ3v) is 14.5. The molecule has 0 heterocycles. The Kier molecular flexibility index (Phi) is 60.0. The molecule has 0 rings (SSSR count). The number of esters is 1. The second-order valence-electron chi connectivity index (χ2n) is 21.7. The van der Waals surface area contributed by atoms with E-state index >= 15 is 0 Å². The van der Waals surface area contributed by atoms with Gasteiger partial charge in [0.15, 0.2) is 0 Å². The normalized spacial score (nSPS) is 13.0. The fraction of sp³-hybridized carbons (Fsp3) is 0.821. The minimum absolute atomic E-state index is 0.00659. The maximum absolute atomic E-state index is 12.5. The van der Waals surface area contributed by atoms with Crippen LogP contribution in [0.15, 0.2) is 60.8 Å². The lowest BCUT2D eigenvalue weighted by atomic mass is 10.0. The number of hydrogen-bond donors (Lipinski definition) is 3. The topological polar surface area (TPSA) is 95.9 Å². The van der Waals surface area contributed by atoms with Crippen molar-refractivity contribution in [3.63, 3.8) is 0 Å². The Bertz CT molecular complexity index is 1270. The monoisotopic (exact) mass is 1020 g/mol. The highest BCUT2D eigenvalue weighted by atomic mass is 16.5. The number of amides is 1. The average molecular weight is 1020 g/mol. The van der Waals surface area contributed by atoms with E-state index in [1.807, 2.05) is 6.08 Å². The van der Waals surface area contributed by atoms with E-state index in [4.69, 9.17) is 4.74 Å². The van der Waals surface area contributed by atoms with Gasteiger partial charge >= 0.3 is 5.97 Å². The van der Waals surface area contributed by atoms with Crippen molar-refractivity contribution in [2.45, 2.75) is 341 Å². The number of rotatable bonds is 59. The van der Waals surface area contributed by atoms with E-state index in [1.165, 1.54) is 244 Å². The first-order chi connectivity index (χ1) is 36.0. The molecule has 426 valence electrons. The molecule has 6 nitrogen and oxygen atoms in total. The first kappa shape index (κ1) is 70.6. The van der Waals surface area contributed by atoms with Crippen LogP contribution < -0.4 is 5.32 Å². The van der Waals surface area contributed by atoms with Crippen molar-refractivity contribution in [2.75, 3.05) is 13.2 Å². The Labute approximate surface area is 454 Å². The standard InChI is InChI=1S/C67H123NO5/c1-3-5-7-9-11-13-15-17-19-29-32-35-39-43-47-51-55-59-65(70)64(63-69)68-66(71)60-56-52-48-44-40-36-33-30-27-25-23-21-20-22-24-26-28-31-34-38-42-46-50-54-58-62-73-67(72)61-57-53-49-45-41-37-18-16-14-12-10-8-6-4-2/h10,12,16,18,21-24,55,59,64-65,69-70H,3-9,11,13-15,17,19-20,25-54,56-58,60-63H2,1-2H3,(H,68,71)/b12-10-,18-16-,23-21-,24-22-,59-55+. The van der Waals surface area contributed by atoms with Gasteiger partial charge in [0.2, 0.25) is 5.91 Å². The Hall–Kier alpha value is -2.44. The molecule has 2 unspecified atom stereocenters. The van der Waals surface area contributed by atoms with Crippen LogP contribution in [-0.2, 0) is 14.3 Å². The fourth-order valence-electron chi connectivity index (χ4n) is 9.56. The van der Waals surface area contributed by atoms with Crippen molar-refractivity contribution < 1.29 is 24.5 Å². The largest absolute Gasteiger partial charge is 0.466 e. The quantitative estimate of drug-likeness (QED) is 0.0320. The third-order valence-electron chi connectivity index (χ3n) is 14.5. The minimum Gasteiger partial charge on any atom is -0.466 e. The molecule has 0 aliphatic heterocycles. The predicted molar refractivity (Wildman–Crippen MR) is 319 cm³/mol. The molecule has 3 N–H and O–H groups in total. The number of nitrogens with one attached hydrogen (secondary N) is 1. The van der Waals surface area contributed by atoms with Crippen LogP contribution in [0.25, 0.3) is 0 Å². The van der Waals surface area contributed by atoms with Crippen molar-refractivity contribution in [3.8, 4) is 0 Å². The smallest absolute Gasteiger partial charge is 0.305 e. The second kappa shape index (κ2) is 62.1. The van der Waals surface area contributed by atoms with Gasteiger partial charge in [-0.05, 0) is 89.9 Å². The molecule has 73 heavy (non-hydrogen) atoms. The van der Waals surface area contributed by atoms with Gasteiger partial charge in [0.05, 0.1) is 25.4 Å². The molecule has 0 aromatic rings. The number of aliphatic hydroxyl groups is 2. The zero-order valence-corrected chi connectivity index (χ0v) is 48.6. The highest BCUT2D eigenvalue weighted by Gasteiger charge is 2.18. The molecule has 0 spiro atoms. The first-order valence-corrected chi connectivity index (χ1v) is 32.1. The van der Waals surface area contributed by atoms with Gasteiger partial charge in [-0.15, -0.1) is 0 Å². The summed E-state index contributed by atoms with van der Waals surface area (Å²) in [5, 5.41) is 23.2. The van der Waals surface area contributed by atoms with Gasteiger partial charge in [0.25, 0.3) is 0 Å². The van der Waals surface area contributed by atoms with Gasteiger partial charge in [-0.2, -0.15) is 0 Å². The summed E-state index contributed by atoms with van der Waals surface area (Å²) in [5.41, 5.74) is 0. The average Bonchev–Trinajstić information content (AvgIpc) is 3.39. The van der Waals surface area contributed by atoms with Crippen LogP contribution in [0.2, 0.25) is 0 Å². The van der Waals surface area contributed by atoms with Crippen LogP contribution >= 0.6 is 0 Å². The molecule has 1 amide bonds. The van der Waals surface area contributed by atoms with Gasteiger partial charge in [-0.3, -0.25) is 9.59 Å². The molecule has 0 bridgehead atoms. The summed E-state index contributed by atoms with van der Waals surface area (Å²) >= 11 is 0. The Morgan fingerprint density at radius 2 is 0.699 bits per heavy atom. The Morgan fingerprint density at radius 3 is 1.08 bits per heavy atom. The number of unbranched alkanes of at least 4 members (excludes halogenated alkanes) is 40. The minimum atomic E-state index is -0.850. The lowest BCUT2D eigenvalue weighted by Crippen LogP contribution is -2.45. The Balaban J connectivity index is 3.47. The fourth-order valence-corrected chi connectivity index (χ4v) is 9.56. The number of carbonyl (C=O) groups excluding carboxylic acids is 2. The summed E-state index contributed by atoms with van der Waals surface area (Å²) in [6.07, 6.45) is 81.2. The van der Waals surface area contributed by atoms with Crippen molar-refractivity contribution in [3.05, 3.63) is 60.8 Å². The van der Waals surface area contributed by atoms with Crippen molar-refractivity contribution in [2.24, 2.45) is 0 Å². The molecule has 0 aliphatic rings. The number of hydrogen-bond acceptors (Lipinski definition) is 5. The molecule has 0 saturated carbocycles. The van der Waals surface area contributed by atoms with Gasteiger partial charge < -0.3 is 20.3 Å². The zero-order valence-electron chi connectivity index (χ0n) is 48.6. The second-order valence-corrected chi connectivity index (χ2v) is 21.7. The highest BCUT2D eigenvalue weighted by Crippen LogP contribution is 2.16. The van der Waals surface area contributed by atoms with E-state index < -0.39 is 12.1 Å². The van der Waals surface area contributed by atoms with Crippen molar-refractivity contribution in [1.29, 1.82) is 0 Å². The Morgan fingerprint density at radius 1 is 0.384 bits per heavy atom. The first-order valence-electron chi connectivity index (χ1n) is 32.1. The van der Waals surface area contributed by atoms with E-state index in [0.29, 0.717) is 19.4 Å². The van der Waals surface area contributed by atoms with Crippen LogP contribution in [0, 0.1) is 0 Å². The zero-order chi connectivity index (χ0) is 52.9. The van der Waals surface area contributed by atoms with E-state index in [0.717, 1.165) is 57.8 Å². The summed E-state index contributed by atoms with van der Waals surface area (Å²) < 4.78 is 5.47. The molecule has 2 atom stereocenters. The van der Waals surface area contributed by atoms with E-state index in [9.17, 15) is 19.8 Å². The van der Waals surface area contributed by atoms with Crippen LogP contribution in [0.3, 0.4) is 0 Å². The molecule has 0 radical (unpaired) electrons. The molecular formula is C67H123NO5. The lowest BCUT2D eigenvalue weighted by Gasteiger charge is -2.20. The van der Waals surface area contributed by atoms with Crippen LogP contribution in [-0.4, -0.2) is 47.4 Å². The molecule has 0 aliphatic carbocycles. The predicted octanol–water partition coefficient (Wildman–Crippen LogP) is 20.3. The van der Waals surface area contributed by atoms with Crippen molar-refractivity contribution >= 4 is 11.9 Å². The SMILES string of the molecule is CCCC/C=C\C/C=C\CCCCCCCC(=O)OCCCCCCCCCCC/C=C\C/C=C\CCCCCCCCCCCC(=O)NC(CO)C(O)/C=C/CCCCCCCCCCCCCCCCC. The van der Waals surface area contributed by atoms with Gasteiger partial charge in [0.1, 0.15) is 0 Å². The number of carbonyl (C=O) groups is 2. The molecule has 0 fully saturated rings. The van der Waals surface area contributed by atoms with E-state index in [-0.39, 0.29) is 18.5 Å². The number of allylic oxidation sites excluding steroid dienone is 9. The molecule has 0 aromatic carbocycles. The molecule has 0 aromatic heterocycles. The summed E-state index contributed by atoms with van der Waals surface area (Å²) in [5.74, 6) is -0.0799. The van der Waals surface area contributed by atoms with E-state index in [1.54, 1.807) is 6.08 Å². The summed E-state index contributed by atoms with van der Waals surface area (Å²) in [7, 11) is 0. The van der Waals surface area contributed by atoms with Gasteiger partial charge in [-0.1, -0.05) is 286 Å². The van der Waals surface area contributed by atoms with Crippen LogP contribution in [0.5, 0.6) is 0 Å². The van der Waals surface area contributed by atoms with Gasteiger partial charge in [0, 0.05) is 12.8 Å². The summed E-state index contributed by atoms with van der Waals surface area (Å²) in [4.78, 5) is 24.5. The van der Waals surface area contributed by atoms with Crippen LogP contribution in [0.1, 0.15) is 328 Å². The van der Waals surface area contributed by atoms with Crippen LogP contribution in [0.4, 0.5) is 0 Å². The van der Waals surface area contributed by atoms with Gasteiger partial charge in [-0.25, -0.2) is 0 Å². The maximum Gasteiger partial charge on any atom is 0.305 e. The molecular weight excluding hydrogens is 899 g/mol. The third kappa shape index (κ3) is 58.7. The highest BCUT2D eigenvalue weighted by molar-refractivity contribution is 5.76. The number of ether oxygens (including phenoxy) is 1. The van der Waals surface area contributed by atoms with E-state index in [2.05, 4.69) is 67.8 Å². The summed E-state index contributed by atoms with van der Waals surface area (Å²) in [6.45, 7) is 4.86. The molecule has 6 heteroatoms. The molecule has 0 saturated heterocycles.